The number of aromatic nitrogens is 1. The molecule has 2 N–H and O–H groups in total. The number of hydrogen-bond donors (Lipinski definition) is 2. The fourth-order valence-electron chi connectivity index (χ4n) is 4.90. The number of nitrogens with one attached hydrogen (secondary N) is 2. The van der Waals surface area contributed by atoms with Crippen molar-refractivity contribution < 1.29 is 14.0 Å². The van der Waals surface area contributed by atoms with Gasteiger partial charge >= 0.3 is 0 Å². The van der Waals surface area contributed by atoms with Crippen molar-refractivity contribution in [3.63, 3.8) is 0 Å². The molecule has 4 fully saturated rings. The summed E-state index contributed by atoms with van der Waals surface area (Å²) in [6, 6.07) is 2.31. The van der Waals surface area contributed by atoms with Crippen molar-refractivity contribution >= 4 is 28.5 Å². The summed E-state index contributed by atoms with van der Waals surface area (Å²) in [4.78, 5) is 33.4. The molecule has 0 aromatic carbocycles. The molecule has 0 aliphatic carbocycles. The molecule has 4 aliphatic heterocycles. The molecule has 4 saturated heterocycles. The molecule has 0 unspecified atom stereocenters. The number of anilines is 1. The van der Waals surface area contributed by atoms with Crippen LogP contribution in [-0.4, -0.2) is 66.5 Å². The third-order valence-corrected chi connectivity index (χ3v) is 6.53. The van der Waals surface area contributed by atoms with Crippen LogP contribution in [0.5, 0.6) is 0 Å². The van der Waals surface area contributed by atoms with Crippen LogP contribution in [0.4, 0.5) is 5.69 Å². The molecule has 28 heavy (non-hydrogen) atoms. The van der Waals surface area contributed by atoms with Crippen LogP contribution in [0.25, 0.3) is 11.0 Å². The van der Waals surface area contributed by atoms with Gasteiger partial charge in [-0.3, -0.25) is 14.5 Å². The Balaban J connectivity index is 1.39. The number of piperazine rings is 1. The molecule has 0 spiro atoms. The van der Waals surface area contributed by atoms with E-state index in [-0.39, 0.29) is 24.4 Å². The molecule has 148 valence electrons. The van der Waals surface area contributed by atoms with E-state index in [9.17, 15) is 9.59 Å². The number of carbonyl (C=O) groups excluding carboxylic acids is 2. The summed E-state index contributed by atoms with van der Waals surface area (Å²) in [5.41, 5.74) is 1.84. The maximum Gasteiger partial charge on any atom is 0.270 e. The van der Waals surface area contributed by atoms with Gasteiger partial charge in [-0.15, -0.1) is 0 Å². The van der Waals surface area contributed by atoms with Gasteiger partial charge in [0.25, 0.3) is 5.91 Å². The number of pyridine rings is 1. The summed E-state index contributed by atoms with van der Waals surface area (Å²) >= 11 is 0. The number of hydrogen-bond acceptors (Lipinski definition) is 6. The summed E-state index contributed by atoms with van der Waals surface area (Å²) in [5.74, 6) is 0.393. The predicted octanol–water partition coefficient (Wildman–Crippen LogP) is 0.977. The van der Waals surface area contributed by atoms with Gasteiger partial charge < -0.3 is 20.0 Å². The van der Waals surface area contributed by atoms with Crippen LogP contribution in [0, 0.1) is 5.92 Å². The van der Waals surface area contributed by atoms with Crippen molar-refractivity contribution in [3.8, 4) is 0 Å². The number of piperidine rings is 3. The van der Waals surface area contributed by atoms with Crippen LogP contribution in [-0.2, 0) is 4.79 Å². The third kappa shape index (κ3) is 2.92. The summed E-state index contributed by atoms with van der Waals surface area (Å²) in [6.45, 7) is 6.05. The van der Waals surface area contributed by atoms with Gasteiger partial charge in [-0.05, 0) is 44.8 Å². The first-order chi connectivity index (χ1) is 13.6. The summed E-state index contributed by atoms with van der Waals surface area (Å²) < 4.78 is 5.61. The van der Waals surface area contributed by atoms with Crippen molar-refractivity contribution in [1.82, 2.24) is 20.5 Å². The maximum absolute atomic E-state index is 12.9. The van der Waals surface area contributed by atoms with Gasteiger partial charge in [-0.25, -0.2) is 4.98 Å². The highest BCUT2D eigenvalue weighted by molar-refractivity contribution is 6.00. The van der Waals surface area contributed by atoms with Crippen molar-refractivity contribution in [3.05, 3.63) is 24.2 Å². The van der Waals surface area contributed by atoms with E-state index in [2.05, 4.69) is 27.4 Å². The molecule has 6 rings (SSSR count). The average Bonchev–Trinajstić information content (AvgIpc) is 3.14. The van der Waals surface area contributed by atoms with E-state index < -0.39 is 0 Å². The Bertz CT molecular complexity index is 916. The number of amides is 2. The van der Waals surface area contributed by atoms with E-state index in [1.807, 2.05) is 4.90 Å². The molecule has 2 aromatic rings. The molecule has 2 aromatic heterocycles. The Hall–Kier alpha value is -2.61. The number of furan rings is 1. The minimum absolute atomic E-state index is 0.0102. The molecule has 2 amide bonds. The Labute approximate surface area is 163 Å². The Morgan fingerprint density at radius 1 is 1.32 bits per heavy atom. The number of fused-ring (bicyclic) bond motifs is 4. The standard InChI is InChI=1S/C20H25N5O3/c1-12-19(13-2-5-24(12)6-3-13)23-20(27)15-8-14-16(11-28-17(14)9-22-15)25-7-4-21-18(26)10-25/h8-9,11-13,19H,2-7,10H2,1H3,(H,21,26)(H,23,27)/t12-,19+/m1/s1. The minimum atomic E-state index is -0.143. The topological polar surface area (TPSA) is 90.7 Å². The Kier molecular flexibility index (Phi) is 4.23. The molecule has 4 aliphatic rings. The van der Waals surface area contributed by atoms with Gasteiger partial charge in [0.1, 0.15) is 12.0 Å². The molecule has 8 heteroatoms. The van der Waals surface area contributed by atoms with Crippen LogP contribution in [0.3, 0.4) is 0 Å². The number of rotatable bonds is 3. The lowest BCUT2D eigenvalue weighted by Gasteiger charge is -2.49. The molecular formula is C20H25N5O3. The first-order valence-electron chi connectivity index (χ1n) is 10.0. The van der Waals surface area contributed by atoms with Crippen molar-refractivity contribution in [2.24, 2.45) is 5.92 Å². The summed E-state index contributed by atoms with van der Waals surface area (Å²) in [5, 5.41) is 6.87. The van der Waals surface area contributed by atoms with E-state index in [1.165, 1.54) is 0 Å². The quantitative estimate of drug-likeness (QED) is 0.821. The minimum Gasteiger partial charge on any atom is -0.460 e. The van der Waals surface area contributed by atoms with Gasteiger partial charge in [0.15, 0.2) is 5.58 Å². The SMILES string of the molecule is C[C@@H]1[C@H](NC(=O)c2cc3c(N4CCNC(=O)C4)coc3cn2)C2CCN1CC2. The van der Waals surface area contributed by atoms with Crippen LogP contribution in [0.2, 0.25) is 0 Å². The van der Waals surface area contributed by atoms with E-state index in [0.29, 0.717) is 36.3 Å². The van der Waals surface area contributed by atoms with Crippen LogP contribution in [0.1, 0.15) is 30.3 Å². The van der Waals surface area contributed by atoms with Crippen LogP contribution < -0.4 is 15.5 Å². The largest absolute Gasteiger partial charge is 0.460 e. The second-order valence-electron chi connectivity index (χ2n) is 8.07. The normalized spacial score (nSPS) is 29.8. The van der Waals surface area contributed by atoms with Gasteiger partial charge in [0.2, 0.25) is 5.91 Å². The zero-order chi connectivity index (χ0) is 19.3. The maximum atomic E-state index is 12.9. The van der Waals surface area contributed by atoms with Crippen molar-refractivity contribution in [2.75, 3.05) is 37.6 Å². The third-order valence-electron chi connectivity index (χ3n) is 6.53. The van der Waals surface area contributed by atoms with E-state index in [0.717, 1.165) is 37.0 Å². The highest BCUT2D eigenvalue weighted by atomic mass is 16.3. The second kappa shape index (κ2) is 6.77. The molecule has 2 atom stereocenters. The average molecular weight is 383 g/mol. The first-order valence-corrected chi connectivity index (χ1v) is 10.0. The molecule has 8 nitrogen and oxygen atoms in total. The van der Waals surface area contributed by atoms with Crippen LogP contribution >= 0.6 is 0 Å². The van der Waals surface area contributed by atoms with E-state index >= 15 is 0 Å². The first kappa shape index (κ1) is 17.5. The molecule has 2 bridgehead atoms. The van der Waals surface area contributed by atoms with Gasteiger partial charge in [-0.1, -0.05) is 0 Å². The summed E-state index contributed by atoms with van der Waals surface area (Å²) in [6.07, 6.45) is 5.52. The number of carbonyl (C=O) groups is 2. The predicted molar refractivity (Wildman–Crippen MR) is 104 cm³/mol. The van der Waals surface area contributed by atoms with Crippen LogP contribution in [0.15, 0.2) is 22.9 Å². The second-order valence-corrected chi connectivity index (χ2v) is 8.07. The zero-order valence-electron chi connectivity index (χ0n) is 16.0. The van der Waals surface area contributed by atoms with Gasteiger partial charge in [-0.2, -0.15) is 0 Å². The molecular weight excluding hydrogens is 358 g/mol. The molecule has 6 heterocycles. The lowest BCUT2D eigenvalue weighted by molar-refractivity contribution is -0.120. The lowest BCUT2D eigenvalue weighted by atomic mass is 9.79. The smallest absolute Gasteiger partial charge is 0.270 e. The van der Waals surface area contributed by atoms with Gasteiger partial charge in [0, 0.05) is 30.6 Å². The molecule has 0 radical (unpaired) electrons. The Morgan fingerprint density at radius 3 is 2.89 bits per heavy atom. The monoisotopic (exact) mass is 383 g/mol. The van der Waals surface area contributed by atoms with E-state index in [1.54, 1.807) is 18.5 Å². The zero-order valence-corrected chi connectivity index (χ0v) is 16.0. The lowest BCUT2D eigenvalue weighted by Crippen LogP contribution is -2.62. The summed E-state index contributed by atoms with van der Waals surface area (Å²) in [7, 11) is 0. The highest BCUT2D eigenvalue weighted by Gasteiger charge is 2.40. The molecule has 0 saturated carbocycles. The van der Waals surface area contributed by atoms with Crippen molar-refractivity contribution in [2.45, 2.75) is 31.8 Å². The number of nitrogens with zero attached hydrogens (tertiary/aromatic N) is 3. The van der Waals surface area contributed by atoms with E-state index in [4.69, 9.17) is 4.42 Å². The highest BCUT2D eigenvalue weighted by Crippen LogP contribution is 2.33. The fourth-order valence-corrected chi connectivity index (χ4v) is 4.90. The Morgan fingerprint density at radius 2 is 2.14 bits per heavy atom. The fraction of sp³-hybridized carbons (Fsp3) is 0.550. The van der Waals surface area contributed by atoms with Crippen molar-refractivity contribution in [1.29, 1.82) is 0 Å². The van der Waals surface area contributed by atoms with Gasteiger partial charge in [0.05, 0.1) is 18.4 Å².